The maximum Gasteiger partial charge on any atom is 0.573 e. The topological polar surface area (TPSA) is 57.3 Å². The lowest BCUT2D eigenvalue weighted by molar-refractivity contribution is -0.274. The number of aromatic amines is 1. The number of fused-ring (bicyclic) bond motifs is 1. The first-order valence-corrected chi connectivity index (χ1v) is 8.20. The van der Waals surface area contributed by atoms with Crippen LogP contribution in [-0.2, 0) is 0 Å². The van der Waals surface area contributed by atoms with Crippen molar-refractivity contribution in [2.75, 3.05) is 11.9 Å². The van der Waals surface area contributed by atoms with Crippen molar-refractivity contribution >= 4 is 17.5 Å². The van der Waals surface area contributed by atoms with Crippen LogP contribution in [0.25, 0.3) is 22.8 Å². The Morgan fingerprint density at radius 1 is 1.00 bits per heavy atom. The Balaban J connectivity index is 1.67. The van der Waals surface area contributed by atoms with E-state index in [1.54, 1.807) is 36.5 Å². The molecule has 0 fully saturated rings. The fraction of sp³-hybridized carbons (Fsp3) is 0.100. The Labute approximate surface area is 152 Å². The van der Waals surface area contributed by atoms with E-state index in [9.17, 15) is 18.3 Å². The quantitative estimate of drug-likeness (QED) is 0.588. The molecule has 1 aliphatic rings. The van der Waals surface area contributed by atoms with Crippen molar-refractivity contribution in [1.82, 2.24) is 4.98 Å². The SMILES string of the molecule is Oc1cccc(C2=Cc3c(-c4ccc(OC(F)(F)F)cc4)c[nH]c3NC2)c1. The molecule has 1 aliphatic heterocycles. The van der Waals surface area contributed by atoms with E-state index in [0.717, 1.165) is 33.6 Å². The van der Waals surface area contributed by atoms with E-state index in [1.165, 1.54) is 12.1 Å². The molecule has 0 saturated carbocycles. The maximum absolute atomic E-state index is 12.3. The monoisotopic (exact) mass is 372 g/mol. The van der Waals surface area contributed by atoms with E-state index in [0.29, 0.717) is 6.54 Å². The third kappa shape index (κ3) is 3.62. The molecule has 0 saturated heterocycles. The Kier molecular flexibility index (Phi) is 4.07. The number of anilines is 1. The van der Waals surface area contributed by atoms with Crippen molar-refractivity contribution in [1.29, 1.82) is 0 Å². The largest absolute Gasteiger partial charge is 0.573 e. The molecule has 4 nitrogen and oxygen atoms in total. The number of aromatic nitrogens is 1. The van der Waals surface area contributed by atoms with Gasteiger partial charge < -0.3 is 20.1 Å². The van der Waals surface area contributed by atoms with Crippen LogP contribution in [0.3, 0.4) is 0 Å². The number of ether oxygens (including phenoxy) is 1. The highest BCUT2D eigenvalue weighted by Gasteiger charge is 2.31. The van der Waals surface area contributed by atoms with Crippen LogP contribution in [0.1, 0.15) is 11.1 Å². The summed E-state index contributed by atoms with van der Waals surface area (Å²) in [6, 6.07) is 12.7. The van der Waals surface area contributed by atoms with Gasteiger partial charge in [0.15, 0.2) is 0 Å². The van der Waals surface area contributed by atoms with Gasteiger partial charge in [-0.3, -0.25) is 0 Å². The lowest BCUT2D eigenvalue weighted by Gasteiger charge is -2.17. The highest BCUT2D eigenvalue weighted by molar-refractivity contribution is 5.95. The first-order chi connectivity index (χ1) is 12.9. The molecule has 4 rings (SSSR count). The number of H-pyrrole nitrogens is 1. The van der Waals surface area contributed by atoms with Crippen molar-refractivity contribution in [3.63, 3.8) is 0 Å². The van der Waals surface area contributed by atoms with Gasteiger partial charge in [0.2, 0.25) is 0 Å². The Morgan fingerprint density at radius 2 is 1.78 bits per heavy atom. The molecule has 0 unspecified atom stereocenters. The maximum atomic E-state index is 12.3. The highest BCUT2D eigenvalue weighted by atomic mass is 19.4. The van der Waals surface area contributed by atoms with Crippen LogP contribution in [0, 0.1) is 0 Å². The van der Waals surface area contributed by atoms with E-state index in [-0.39, 0.29) is 11.5 Å². The average molecular weight is 372 g/mol. The fourth-order valence-corrected chi connectivity index (χ4v) is 3.11. The number of hydrogen-bond acceptors (Lipinski definition) is 3. The molecule has 0 radical (unpaired) electrons. The summed E-state index contributed by atoms with van der Waals surface area (Å²) in [7, 11) is 0. The molecule has 3 aromatic rings. The molecule has 27 heavy (non-hydrogen) atoms. The van der Waals surface area contributed by atoms with Crippen LogP contribution in [0.15, 0.2) is 54.7 Å². The minimum Gasteiger partial charge on any atom is -0.508 e. The van der Waals surface area contributed by atoms with Gasteiger partial charge in [0.1, 0.15) is 17.3 Å². The number of benzene rings is 2. The number of aromatic hydroxyl groups is 1. The molecule has 3 N–H and O–H groups in total. The summed E-state index contributed by atoms with van der Waals surface area (Å²) in [6.45, 7) is 0.592. The third-order valence-corrected chi connectivity index (χ3v) is 4.31. The summed E-state index contributed by atoms with van der Waals surface area (Å²) in [5.41, 5.74) is 4.42. The summed E-state index contributed by atoms with van der Waals surface area (Å²) in [5, 5.41) is 13.0. The molecular weight excluding hydrogens is 357 g/mol. The summed E-state index contributed by atoms with van der Waals surface area (Å²) < 4.78 is 40.9. The molecular formula is C20H15F3N2O2. The summed E-state index contributed by atoms with van der Waals surface area (Å²) in [4.78, 5) is 3.14. The molecule has 0 aliphatic carbocycles. The van der Waals surface area contributed by atoms with Gasteiger partial charge >= 0.3 is 6.36 Å². The van der Waals surface area contributed by atoms with Crippen LogP contribution < -0.4 is 10.1 Å². The van der Waals surface area contributed by atoms with Gasteiger partial charge in [-0.05, 0) is 47.0 Å². The van der Waals surface area contributed by atoms with Gasteiger partial charge in [-0.25, -0.2) is 0 Å². The van der Waals surface area contributed by atoms with Gasteiger partial charge in [0, 0.05) is 23.9 Å². The summed E-state index contributed by atoms with van der Waals surface area (Å²) in [6.07, 6.45) is -0.899. The van der Waals surface area contributed by atoms with E-state index >= 15 is 0 Å². The Morgan fingerprint density at radius 3 is 2.48 bits per heavy atom. The second-order valence-electron chi connectivity index (χ2n) is 6.14. The second kappa shape index (κ2) is 6.42. The van der Waals surface area contributed by atoms with Crippen LogP contribution in [0.4, 0.5) is 19.0 Å². The van der Waals surface area contributed by atoms with E-state index in [2.05, 4.69) is 15.0 Å². The predicted molar refractivity (Wildman–Crippen MR) is 97.4 cm³/mol. The van der Waals surface area contributed by atoms with Crippen molar-refractivity contribution in [3.05, 3.63) is 65.9 Å². The van der Waals surface area contributed by atoms with E-state index in [4.69, 9.17) is 0 Å². The minimum atomic E-state index is -4.71. The molecule has 0 bridgehead atoms. The molecule has 2 heterocycles. The lowest BCUT2D eigenvalue weighted by Crippen LogP contribution is -2.16. The predicted octanol–water partition coefficient (Wildman–Crippen LogP) is 5.25. The number of alkyl halides is 3. The molecule has 2 aromatic carbocycles. The van der Waals surface area contributed by atoms with Crippen LogP contribution >= 0.6 is 0 Å². The van der Waals surface area contributed by atoms with Crippen LogP contribution in [0.5, 0.6) is 11.5 Å². The number of hydrogen-bond donors (Lipinski definition) is 3. The van der Waals surface area contributed by atoms with Gasteiger partial charge in [0.25, 0.3) is 0 Å². The van der Waals surface area contributed by atoms with E-state index in [1.807, 2.05) is 12.1 Å². The van der Waals surface area contributed by atoms with Gasteiger partial charge in [-0.1, -0.05) is 24.3 Å². The van der Waals surface area contributed by atoms with E-state index < -0.39 is 6.36 Å². The number of halogens is 3. The lowest BCUT2D eigenvalue weighted by atomic mass is 9.96. The molecule has 0 spiro atoms. The Hall–Kier alpha value is -3.35. The first kappa shape index (κ1) is 17.1. The van der Waals surface area contributed by atoms with Crippen molar-refractivity contribution in [2.24, 2.45) is 0 Å². The average Bonchev–Trinajstić information content (AvgIpc) is 3.04. The zero-order valence-electron chi connectivity index (χ0n) is 14.0. The molecule has 0 amide bonds. The molecule has 7 heteroatoms. The van der Waals surface area contributed by atoms with Crippen molar-refractivity contribution in [2.45, 2.75) is 6.36 Å². The molecule has 0 atom stereocenters. The zero-order chi connectivity index (χ0) is 19.0. The smallest absolute Gasteiger partial charge is 0.508 e. The fourth-order valence-electron chi connectivity index (χ4n) is 3.11. The Bertz CT molecular complexity index is 1000. The van der Waals surface area contributed by atoms with Crippen molar-refractivity contribution < 1.29 is 23.0 Å². The van der Waals surface area contributed by atoms with Gasteiger partial charge in [0.05, 0.1) is 0 Å². The van der Waals surface area contributed by atoms with Crippen LogP contribution in [-0.4, -0.2) is 23.0 Å². The number of phenols is 1. The summed E-state index contributed by atoms with van der Waals surface area (Å²) >= 11 is 0. The number of nitrogens with one attached hydrogen (secondary N) is 2. The van der Waals surface area contributed by atoms with Crippen molar-refractivity contribution in [3.8, 4) is 22.6 Å². The standard InChI is InChI=1S/C20H15F3N2O2/c21-20(22,23)27-16-6-4-12(5-7-16)18-11-25-19-17(18)9-14(10-24-19)13-2-1-3-15(26)8-13/h1-9,11,24-26H,10H2. The highest BCUT2D eigenvalue weighted by Crippen LogP contribution is 2.37. The zero-order valence-corrected chi connectivity index (χ0v) is 14.0. The normalized spacial score (nSPS) is 13.5. The second-order valence-corrected chi connectivity index (χ2v) is 6.14. The van der Waals surface area contributed by atoms with Gasteiger partial charge in [-0.15, -0.1) is 13.2 Å². The first-order valence-electron chi connectivity index (χ1n) is 8.20. The molecule has 1 aromatic heterocycles. The number of rotatable bonds is 3. The third-order valence-electron chi connectivity index (χ3n) is 4.31. The van der Waals surface area contributed by atoms with Gasteiger partial charge in [-0.2, -0.15) is 0 Å². The molecule has 138 valence electrons. The summed E-state index contributed by atoms with van der Waals surface area (Å²) in [5.74, 6) is 0.767. The van der Waals surface area contributed by atoms with Crippen LogP contribution in [0.2, 0.25) is 0 Å². The minimum absolute atomic E-state index is 0.189. The number of phenolic OH excluding ortho intramolecular Hbond substituents is 1.